The van der Waals surface area contributed by atoms with Gasteiger partial charge in [0.2, 0.25) is 23.6 Å². The van der Waals surface area contributed by atoms with Crippen molar-refractivity contribution in [3.05, 3.63) is 63.7 Å². The number of carbonyl (C=O) groups is 5. The summed E-state index contributed by atoms with van der Waals surface area (Å²) in [7, 11) is 2.27. The monoisotopic (exact) mass is 679 g/mol. The van der Waals surface area contributed by atoms with Crippen LogP contribution in [0.4, 0.5) is 0 Å². The molecule has 2 aromatic rings. The van der Waals surface area contributed by atoms with Crippen LogP contribution in [0.3, 0.4) is 0 Å². The van der Waals surface area contributed by atoms with Crippen molar-refractivity contribution in [2.75, 3.05) is 12.3 Å². The SMILES string of the molecule is Cc1cc(O)cc(C)c1CC(N)C(=O)NC1CSSC(C)(C)C(C(=O)O)NC(=O)C(Cc2ccc(Cl)cc2)NC(=O)CNC1=O. The number of nitrogens with two attached hydrogens (primary N) is 1. The van der Waals surface area contributed by atoms with Gasteiger partial charge in [-0.2, -0.15) is 0 Å². The predicted octanol–water partition coefficient (Wildman–Crippen LogP) is 1.60. The molecule has 0 saturated carbocycles. The van der Waals surface area contributed by atoms with E-state index in [4.69, 9.17) is 17.3 Å². The topological polar surface area (TPSA) is 200 Å². The first kappa shape index (κ1) is 36.0. The highest BCUT2D eigenvalue weighted by atomic mass is 35.5. The van der Waals surface area contributed by atoms with E-state index in [0.29, 0.717) is 10.6 Å². The molecule has 1 aliphatic rings. The van der Waals surface area contributed by atoms with E-state index in [2.05, 4.69) is 21.3 Å². The fraction of sp³-hybridized carbons (Fsp3) is 0.433. The summed E-state index contributed by atoms with van der Waals surface area (Å²) in [6.45, 7) is 6.36. The molecule has 45 heavy (non-hydrogen) atoms. The second-order valence-electron chi connectivity index (χ2n) is 11.3. The highest BCUT2D eigenvalue weighted by molar-refractivity contribution is 8.77. The molecule has 1 aliphatic heterocycles. The van der Waals surface area contributed by atoms with E-state index >= 15 is 0 Å². The Morgan fingerprint density at radius 3 is 2.31 bits per heavy atom. The zero-order chi connectivity index (χ0) is 33.5. The van der Waals surface area contributed by atoms with Gasteiger partial charge in [-0.3, -0.25) is 19.2 Å². The number of halogens is 1. The van der Waals surface area contributed by atoms with Crippen LogP contribution in [0, 0.1) is 13.8 Å². The lowest BCUT2D eigenvalue weighted by Gasteiger charge is -2.33. The molecular weight excluding hydrogens is 642 g/mol. The minimum absolute atomic E-state index is 0.0107. The van der Waals surface area contributed by atoms with Crippen LogP contribution in [-0.2, 0) is 36.8 Å². The Balaban J connectivity index is 1.81. The van der Waals surface area contributed by atoms with Crippen molar-refractivity contribution >= 4 is 62.8 Å². The zero-order valence-corrected chi connectivity index (χ0v) is 27.7. The van der Waals surface area contributed by atoms with Crippen LogP contribution in [0.2, 0.25) is 5.02 Å². The number of benzene rings is 2. The van der Waals surface area contributed by atoms with E-state index in [1.807, 2.05) is 0 Å². The van der Waals surface area contributed by atoms with E-state index in [0.717, 1.165) is 38.3 Å². The standard InChI is InChI=1S/C30H38ClN5O7S2/c1-15-9-19(37)10-16(2)20(15)12-21(32)26(39)35-23-14-44-45-30(3,4)25(29(42)43)36-28(41)22(34-24(38)13-33-27(23)40)11-17-5-7-18(31)8-6-17/h5-10,21-23,25,37H,11-14,32H2,1-4H3,(H,33,40)(H,34,38)(H,35,39)(H,36,41)(H,42,43). The van der Waals surface area contributed by atoms with E-state index in [1.165, 1.54) is 0 Å². The number of phenolic OH excluding ortho intramolecular Hbond substituents is 1. The van der Waals surface area contributed by atoms with Crippen LogP contribution in [0.15, 0.2) is 36.4 Å². The third kappa shape index (κ3) is 10.3. The summed E-state index contributed by atoms with van der Waals surface area (Å²) in [6, 6.07) is 5.12. The molecule has 12 nitrogen and oxygen atoms in total. The Morgan fingerprint density at radius 2 is 1.71 bits per heavy atom. The quantitative estimate of drug-likeness (QED) is 0.211. The Kier molecular flexibility index (Phi) is 12.6. The molecule has 0 aromatic heterocycles. The number of aromatic hydroxyl groups is 1. The number of aryl methyl sites for hydroxylation is 2. The second kappa shape index (κ2) is 15.7. The first-order valence-electron chi connectivity index (χ1n) is 14.1. The largest absolute Gasteiger partial charge is 0.508 e. The fourth-order valence-electron chi connectivity index (χ4n) is 4.75. The van der Waals surface area contributed by atoms with Gasteiger partial charge in [-0.05, 0) is 80.6 Å². The van der Waals surface area contributed by atoms with E-state index < -0.39 is 65.1 Å². The van der Waals surface area contributed by atoms with Gasteiger partial charge in [-0.1, -0.05) is 45.3 Å². The summed E-state index contributed by atoms with van der Waals surface area (Å²) in [5.41, 5.74) is 9.21. The van der Waals surface area contributed by atoms with Crippen molar-refractivity contribution in [1.82, 2.24) is 21.3 Å². The smallest absolute Gasteiger partial charge is 0.327 e. The molecule has 1 saturated heterocycles. The van der Waals surface area contributed by atoms with Crippen molar-refractivity contribution in [2.45, 2.75) is 69.5 Å². The lowest BCUT2D eigenvalue weighted by atomic mass is 9.96. The first-order valence-corrected chi connectivity index (χ1v) is 16.8. The van der Waals surface area contributed by atoms with Gasteiger partial charge in [0.25, 0.3) is 0 Å². The summed E-state index contributed by atoms with van der Waals surface area (Å²) in [4.78, 5) is 64.8. The number of carbonyl (C=O) groups excluding carboxylic acids is 4. The minimum Gasteiger partial charge on any atom is -0.508 e. The molecule has 4 amide bonds. The van der Waals surface area contributed by atoms with E-state index in [9.17, 15) is 34.2 Å². The number of carboxylic acids is 1. The van der Waals surface area contributed by atoms with Crippen LogP contribution >= 0.6 is 33.2 Å². The van der Waals surface area contributed by atoms with Crippen LogP contribution in [0.25, 0.3) is 0 Å². The van der Waals surface area contributed by atoms with Gasteiger partial charge in [-0.15, -0.1) is 0 Å². The van der Waals surface area contributed by atoms with Crippen molar-refractivity contribution < 1.29 is 34.2 Å². The third-order valence-electron chi connectivity index (χ3n) is 7.24. The maximum Gasteiger partial charge on any atom is 0.327 e. The molecule has 244 valence electrons. The fourth-order valence-corrected chi connectivity index (χ4v) is 7.68. The molecule has 15 heteroatoms. The molecule has 2 aromatic carbocycles. The molecule has 0 spiro atoms. The van der Waals surface area contributed by atoms with Gasteiger partial charge in [0.05, 0.1) is 17.3 Å². The summed E-state index contributed by atoms with van der Waals surface area (Å²) < 4.78 is -1.08. The van der Waals surface area contributed by atoms with Gasteiger partial charge in [-0.25, -0.2) is 4.79 Å². The number of hydrogen-bond acceptors (Lipinski definition) is 9. The predicted molar refractivity (Wildman–Crippen MR) is 175 cm³/mol. The van der Waals surface area contributed by atoms with Crippen molar-refractivity contribution in [1.29, 1.82) is 0 Å². The Bertz CT molecular complexity index is 1420. The lowest BCUT2D eigenvalue weighted by Crippen LogP contribution is -2.59. The molecule has 3 rings (SSSR count). The molecule has 0 radical (unpaired) electrons. The number of nitrogens with one attached hydrogen (secondary N) is 4. The molecule has 0 bridgehead atoms. The Hall–Kier alpha value is -3.46. The highest BCUT2D eigenvalue weighted by Gasteiger charge is 2.40. The first-order chi connectivity index (χ1) is 21.1. The van der Waals surface area contributed by atoms with Crippen molar-refractivity contribution in [2.24, 2.45) is 5.73 Å². The summed E-state index contributed by atoms with van der Waals surface area (Å²) >= 11 is 5.97. The molecule has 4 unspecified atom stereocenters. The highest BCUT2D eigenvalue weighted by Crippen LogP contribution is 2.38. The average molecular weight is 680 g/mol. The molecule has 4 atom stereocenters. The van der Waals surface area contributed by atoms with Gasteiger partial charge in [0.1, 0.15) is 23.9 Å². The number of hydrogen-bond donors (Lipinski definition) is 7. The van der Waals surface area contributed by atoms with E-state index in [-0.39, 0.29) is 24.3 Å². The number of rotatable bonds is 7. The molecule has 0 aliphatic carbocycles. The van der Waals surface area contributed by atoms with Gasteiger partial charge < -0.3 is 37.2 Å². The second-order valence-corrected chi connectivity index (χ2v) is 14.8. The number of phenols is 1. The average Bonchev–Trinajstić information content (AvgIpc) is 2.95. The van der Waals surface area contributed by atoms with Gasteiger partial charge in [0, 0.05) is 17.2 Å². The summed E-state index contributed by atoms with van der Waals surface area (Å²) in [6.07, 6.45) is 0.193. The lowest BCUT2D eigenvalue weighted by molar-refractivity contribution is -0.143. The van der Waals surface area contributed by atoms with Gasteiger partial charge in [0.15, 0.2) is 0 Å². The minimum atomic E-state index is -1.36. The molecular formula is C30H38ClN5O7S2. The summed E-state index contributed by atoms with van der Waals surface area (Å²) in [5.74, 6) is -3.82. The molecule has 1 fully saturated rings. The number of aliphatic carboxylic acids is 1. The maximum atomic E-state index is 13.3. The van der Waals surface area contributed by atoms with Crippen LogP contribution in [0.5, 0.6) is 5.75 Å². The van der Waals surface area contributed by atoms with Crippen molar-refractivity contribution in [3.8, 4) is 5.75 Å². The van der Waals surface area contributed by atoms with Crippen LogP contribution < -0.4 is 27.0 Å². The normalized spacial score (nSPS) is 21.8. The summed E-state index contributed by atoms with van der Waals surface area (Å²) in [5, 5.41) is 30.6. The Labute approximate surface area is 274 Å². The number of amides is 4. The maximum absolute atomic E-state index is 13.3. The van der Waals surface area contributed by atoms with Crippen LogP contribution in [-0.4, -0.2) is 81.0 Å². The van der Waals surface area contributed by atoms with Crippen molar-refractivity contribution in [3.63, 3.8) is 0 Å². The zero-order valence-electron chi connectivity index (χ0n) is 25.3. The van der Waals surface area contributed by atoms with E-state index in [1.54, 1.807) is 64.1 Å². The molecule has 8 N–H and O–H groups in total. The number of carboxylic acid groups (broad SMARTS) is 1. The Morgan fingerprint density at radius 1 is 1.09 bits per heavy atom. The van der Waals surface area contributed by atoms with Gasteiger partial charge >= 0.3 is 5.97 Å². The van der Waals surface area contributed by atoms with Crippen LogP contribution in [0.1, 0.15) is 36.1 Å². The molecule has 1 heterocycles. The third-order valence-corrected chi connectivity index (χ3v) is 10.8.